The number of methoxy groups -OCH3 is 1. The monoisotopic (exact) mass is 331 g/mol. The van der Waals surface area contributed by atoms with Crippen molar-refractivity contribution in [3.05, 3.63) is 64.7 Å². The predicted molar refractivity (Wildman–Crippen MR) is 89.0 cm³/mol. The lowest BCUT2D eigenvalue weighted by molar-refractivity contribution is -0.0229. The molecule has 2 aromatic carbocycles. The number of hydrogen-bond acceptors (Lipinski definition) is 3. The zero-order valence-corrected chi connectivity index (χ0v) is 13.6. The summed E-state index contributed by atoms with van der Waals surface area (Å²) in [6.07, 6.45) is -0.112. The Morgan fingerprint density at radius 2 is 2.04 bits per heavy atom. The van der Waals surface area contributed by atoms with Crippen LogP contribution in [0.25, 0.3) is 0 Å². The lowest BCUT2D eigenvalue weighted by Crippen LogP contribution is -2.42. The first-order chi connectivity index (χ1) is 11.2. The summed E-state index contributed by atoms with van der Waals surface area (Å²) in [7, 11) is 1.55. The molecule has 0 bridgehead atoms. The van der Waals surface area contributed by atoms with Gasteiger partial charge in [0.2, 0.25) is 0 Å². The summed E-state index contributed by atoms with van der Waals surface area (Å²) in [6, 6.07) is 15.0. The van der Waals surface area contributed by atoms with E-state index in [4.69, 9.17) is 21.1 Å². The van der Waals surface area contributed by atoms with Gasteiger partial charge in [0.15, 0.2) is 0 Å². The number of rotatable bonds is 3. The first kappa shape index (κ1) is 15.8. The van der Waals surface area contributed by atoms with E-state index in [1.54, 1.807) is 30.2 Å². The van der Waals surface area contributed by atoms with E-state index in [2.05, 4.69) is 0 Å². The minimum absolute atomic E-state index is 0.0893. The highest BCUT2D eigenvalue weighted by Gasteiger charge is 2.27. The maximum Gasteiger partial charge on any atom is 0.257 e. The number of morpholine rings is 1. The predicted octanol–water partition coefficient (Wildman–Crippen LogP) is 3.56. The first-order valence-corrected chi connectivity index (χ1v) is 7.86. The molecule has 0 aliphatic carbocycles. The average molecular weight is 332 g/mol. The van der Waals surface area contributed by atoms with E-state index in [-0.39, 0.29) is 12.0 Å². The number of amides is 1. The fraction of sp³-hybridized carbons (Fsp3) is 0.278. The van der Waals surface area contributed by atoms with Crippen LogP contribution < -0.4 is 4.74 Å². The number of carbonyl (C=O) groups excluding carboxylic acids is 1. The van der Waals surface area contributed by atoms with Crippen LogP contribution in [0.3, 0.4) is 0 Å². The van der Waals surface area contributed by atoms with Gasteiger partial charge >= 0.3 is 0 Å². The van der Waals surface area contributed by atoms with Crippen LogP contribution in [0.5, 0.6) is 5.75 Å². The van der Waals surface area contributed by atoms with Crippen LogP contribution in [0.1, 0.15) is 22.0 Å². The summed E-state index contributed by atoms with van der Waals surface area (Å²) < 4.78 is 11.1. The van der Waals surface area contributed by atoms with Crippen molar-refractivity contribution in [1.82, 2.24) is 4.90 Å². The lowest BCUT2D eigenvalue weighted by atomic mass is 10.1. The molecule has 4 nitrogen and oxygen atoms in total. The van der Waals surface area contributed by atoms with Gasteiger partial charge in [-0.3, -0.25) is 4.79 Å². The van der Waals surface area contributed by atoms with Gasteiger partial charge in [-0.05, 0) is 23.8 Å². The molecular formula is C18H18ClNO3. The Morgan fingerprint density at radius 1 is 1.26 bits per heavy atom. The van der Waals surface area contributed by atoms with Crippen LogP contribution in [0.2, 0.25) is 5.02 Å². The molecule has 1 saturated heterocycles. The Kier molecular flexibility index (Phi) is 4.84. The second-order valence-corrected chi connectivity index (χ2v) is 5.80. The van der Waals surface area contributed by atoms with Gasteiger partial charge in [0, 0.05) is 11.6 Å². The van der Waals surface area contributed by atoms with Crippen molar-refractivity contribution in [2.75, 3.05) is 26.8 Å². The van der Waals surface area contributed by atoms with Crippen molar-refractivity contribution in [3.63, 3.8) is 0 Å². The maximum absolute atomic E-state index is 12.8. The van der Waals surface area contributed by atoms with Crippen molar-refractivity contribution in [3.8, 4) is 5.75 Å². The standard InChI is InChI=1S/C18H18ClNO3/c1-22-16-8-7-14(19)11-15(16)18(21)20-9-10-23-17(12-20)13-5-3-2-4-6-13/h2-8,11,17H,9-10,12H2,1H3/t17-/m1/s1. The van der Waals surface area contributed by atoms with E-state index in [0.29, 0.717) is 36.0 Å². The molecule has 2 aromatic rings. The summed E-state index contributed by atoms with van der Waals surface area (Å²) in [4.78, 5) is 14.6. The molecule has 1 aliphatic heterocycles. The fourth-order valence-corrected chi connectivity index (χ4v) is 2.89. The molecule has 0 unspecified atom stereocenters. The quantitative estimate of drug-likeness (QED) is 0.863. The largest absolute Gasteiger partial charge is 0.496 e. The third-order valence-electron chi connectivity index (χ3n) is 3.92. The third kappa shape index (κ3) is 3.49. The van der Waals surface area contributed by atoms with Crippen LogP contribution in [0.15, 0.2) is 48.5 Å². The molecule has 3 rings (SSSR count). The summed E-state index contributed by atoms with van der Waals surface area (Å²) in [5.74, 6) is 0.440. The number of halogens is 1. The molecule has 5 heteroatoms. The third-order valence-corrected chi connectivity index (χ3v) is 4.15. The van der Waals surface area contributed by atoms with Gasteiger partial charge < -0.3 is 14.4 Å². The molecule has 1 amide bonds. The Bertz CT molecular complexity index is 690. The minimum Gasteiger partial charge on any atom is -0.496 e. The van der Waals surface area contributed by atoms with E-state index in [1.807, 2.05) is 30.3 Å². The molecule has 120 valence electrons. The maximum atomic E-state index is 12.8. The number of ether oxygens (including phenoxy) is 2. The van der Waals surface area contributed by atoms with E-state index in [9.17, 15) is 4.79 Å². The Labute approximate surface area is 140 Å². The Hall–Kier alpha value is -2.04. The zero-order chi connectivity index (χ0) is 16.2. The molecule has 1 aliphatic rings. The Balaban J connectivity index is 1.81. The van der Waals surface area contributed by atoms with Crippen molar-refractivity contribution in [2.45, 2.75) is 6.10 Å². The second-order valence-electron chi connectivity index (χ2n) is 5.37. The van der Waals surface area contributed by atoms with E-state index in [1.165, 1.54) is 0 Å². The van der Waals surface area contributed by atoms with Gasteiger partial charge in [0.1, 0.15) is 11.9 Å². The highest BCUT2D eigenvalue weighted by atomic mass is 35.5. The highest BCUT2D eigenvalue weighted by Crippen LogP contribution is 2.27. The van der Waals surface area contributed by atoms with Crippen molar-refractivity contribution >= 4 is 17.5 Å². The minimum atomic E-state index is -0.112. The molecule has 0 saturated carbocycles. The van der Waals surface area contributed by atoms with Gasteiger partial charge in [-0.1, -0.05) is 41.9 Å². The second kappa shape index (κ2) is 7.02. The molecule has 0 N–H and O–H groups in total. The smallest absolute Gasteiger partial charge is 0.257 e. The van der Waals surface area contributed by atoms with E-state index in [0.717, 1.165) is 5.56 Å². The first-order valence-electron chi connectivity index (χ1n) is 7.48. The number of benzene rings is 2. The van der Waals surface area contributed by atoms with Crippen molar-refractivity contribution < 1.29 is 14.3 Å². The molecule has 23 heavy (non-hydrogen) atoms. The van der Waals surface area contributed by atoms with Gasteiger partial charge in [-0.2, -0.15) is 0 Å². The van der Waals surface area contributed by atoms with E-state index < -0.39 is 0 Å². The van der Waals surface area contributed by atoms with Gasteiger partial charge in [-0.15, -0.1) is 0 Å². The topological polar surface area (TPSA) is 38.8 Å². The molecule has 0 radical (unpaired) electrons. The molecule has 0 spiro atoms. The lowest BCUT2D eigenvalue weighted by Gasteiger charge is -2.33. The number of nitrogens with zero attached hydrogens (tertiary/aromatic N) is 1. The number of hydrogen-bond donors (Lipinski definition) is 0. The number of carbonyl (C=O) groups is 1. The summed E-state index contributed by atoms with van der Waals surface area (Å²) in [5, 5.41) is 0.516. The molecule has 1 fully saturated rings. The SMILES string of the molecule is COc1ccc(Cl)cc1C(=O)N1CCO[C@@H](c2ccccc2)C1. The Morgan fingerprint density at radius 3 is 2.78 bits per heavy atom. The van der Waals surface area contributed by atoms with Crippen LogP contribution >= 0.6 is 11.6 Å². The van der Waals surface area contributed by atoms with Crippen LogP contribution in [0.4, 0.5) is 0 Å². The molecule has 1 heterocycles. The fourth-order valence-electron chi connectivity index (χ4n) is 2.72. The molecule has 1 atom stereocenters. The van der Waals surface area contributed by atoms with Crippen LogP contribution in [0, 0.1) is 0 Å². The summed E-state index contributed by atoms with van der Waals surface area (Å²) in [5.41, 5.74) is 1.55. The summed E-state index contributed by atoms with van der Waals surface area (Å²) in [6.45, 7) is 1.57. The van der Waals surface area contributed by atoms with Gasteiger partial charge in [-0.25, -0.2) is 0 Å². The van der Waals surface area contributed by atoms with Gasteiger partial charge in [0.05, 0.1) is 25.8 Å². The summed E-state index contributed by atoms with van der Waals surface area (Å²) >= 11 is 6.03. The van der Waals surface area contributed by atoms with Crippen LogP contribution in [-0.4, -0.2) is 37.6 Å². The van der Waals surface area contributed by atoms with Gasteiger partial charge in [0.25, 0.3) is 5.91 Å². The normalized spacial score (nSPS) is 17.8. The zero-order valence-electron chi connectivity index (χ0n) is 12.9. The van der Waals surface area contributed by atoms with Crippen molar-refractivity contribution in [1.29, 1.82) is 0 Å². The average Bonchev–Trinajstić information content (AvgIpc) is 2.62. The highest BCUT2D eigenvalue weighted by molar-refractivity contribution is 6.31. The van der Waals surface area contributed by atoms with Crippen molar-refractivity contribution in [2.24, 2.45) is 0 Å². The van der Waals surface area contributed by atoms with Crippen LogP contribution in [-0.2, 0) is 4.74 Å². The molecular weight excluding hydrogens is 314 g/mol. The van der Waals surface area contributed by atoms with E-state index >= 15 is 0 Å². The molecule has 0 aromatic heterocycles.